The summed E-state index contributed by atoms with van der Waals surface area (Å²) in [6.45, 7) is 0. The lowest BCUT2D eigenvalue weighted by Gasteiger charge is -2.19. The third kappa shape index (κ3) is 6.89. The van der Waals surface area contributed by atoms with Gasteiger partial charge in [0, 0.05) is 33.2 Å². The van der Waals surface area contributed by atoms with Crippen LogP contribution >= 0.6 is 0 Å². The molecule has 0 aliphatic heterocycles. The molecule has 0 radical (unpaired) electrons. The van der Waals surface area contributed by atoms with Crippen molar-refractivity contribution in [1.29, 1.82) is 0 Å². The Labute approximate surface area is 411 Å². The molecule has 0 atom stereocenters. The van der Waals surface area contributed by atoms with Crippen molar-refractivity contribution >= 4 is 64.9 Å². The van der Waals surface area contributed by atoms with Crippen molar-refractivity contribution in [3.05, 3.63) is 261 Å². The molecule has 3 heteroatoms. The van der Waals surface area contributed by atoms with E-state index in [-0.39, 0.29) is 0 Å². The van der Waals surface area contributed by atoms with Gasteiger partial charge in [0.1, 0.15) is 0 Å². The summed E-state index contributed by atoms with van der Waals surface area (Å²) < 4.78 is 2.35. The summed E-state index contributed by atoms with van der Waals surface area (Å²) in [4.78, 5) is 10.4. The molecule has 0 fully saturated rings. The van der Waals surface area contributed by atoms with Crippen molar-refractivity contribution in [3.63, 3.8) is 0 Å². The number of hydrogen-bond donors (Lipinski definition) is 0. The molecule has 3 nitrogen and oxygen atoms in total. The lowest BCUT2D eigenvalue weighted by atomic mass is 9.84. The molecule has 0 aliphatic rings. The van der Waals surface area contributed by atoms with Crippen molar-refractivity contribution < 1.29 is 0 Å². The zero-order chi connectivity index (χ0) is 46.8. The predicted molar refractivity (Wildman–Crippen MR) is 299 cm³/mol. The molecule has 0 amide bonds. The van der Waals surface area contributed by atoms with Crippen LogP contribution < -0.4 is 0 Å². The first-order valence-electron chi connectivity index (χ1n) is 24.3. The summed E-state index contributed by atoms with van der Waals surface area (Å²) in [5.74, 6) is 0.699. The Bertz CT molecular complexity index is 4370. The van der Waals surface area contributed by atoms with E-state index in [9.17, 15) is 0 Å². The molecule has 71 heavy (non-hydrogen) atoms. The van der Waals surface area contributed by atoms with Gasteiger partial charge in [-0.25, -0.2) is 9.97 Å². The number of benzene rings is 12. The lowest BCUT2D eigenvalue weighted by molar-refractivity contribution is 1.18. The summed E-state index contributed by atoms with van der Waals surface area (Å²) in [7, 11) is 0. The van der Waals surface area contributed by atoms with E-state index >= 15 is 0 Å². The average Bonchev–Trinajstić information content (AvgIpc) is 3.78. The van der Waals surface area contributed by atoms with Crippen molar-refractivity contribution in [2.75, 3.05) is 0 Å². The quantitative estimate of drug-likeness (QED) is 0.118. The van der Waals surface area contributed by atoms with Gasteiger partial charge in [-0.1, -0.05) is 212 Å². The number of para-hydroxylation sites is 2. The van der Waals surface area contributed by atoms with E-state index in [0.717, 1.165) is 44.7 Å². The smallest absolute Gasteiger partial charge is 0.160 e. The molecule has 2 aromatic heterocycles. The van der Waals surface area contributed by atoms with Crippen LogP contribution in [0.2, 0.25) is 0 Å². The topological polar surface area (TPSA) is 30.7 Å². The first-order chi connectivity index (χ1) is 35.2. The minimum Gasteiger partial charge on any atom is -0.309 e. The SMILES string of the molecule is c1ccc(-c2nc(-c3ccc4cc(-c5ccc(-c6c7ccccc7c(-c7ccccc7)c7ccc8ccccc8c67)cc5)ccc4c3)cc(-c3ccc4c(c3)c3ccccc3n4-c3ccccc3)n2)cc1. The fourth-order valence-corrected chi connectivity index (χ4v) is 11.0. The Kier molecular flexibility index (Phi) is 9.53. The highest BCUT2D eigenvalue weighted by atomic mass is 15.0. The zero-order valence-electron chi connectivity index (χ0n) is 38.7. The first-order valence-corrected chi connectivity index (χ1v) is 24.3. The van der Waals surface area contributed by atoms with Crippen molar-refractivity contribution in [2.24, 2.45) is 0 Å². The van der Waals surface area contributed by atoms with Crippen LogP contribution in [0.1, 0.15) is 0 Å². The van der Waals surface area contributed by atoms with Crippen LogP contribution in [0.25, 0.3) is 138 Å². The highest BCUT2D eigenvalue weighted by Crippen LogP contribution is 2.47. The molecular weight excluding hydrogens is 859 g/mol. The van der Waals surface area contributed by atoms with Crippen LogP contribution in [0.5, 0.6) is 0 Å². The molecule has 0 saturated heterocycles. The van der Waals surface area contributed by atoms with Gasteiger partial charge in [-0.2, -0.15) is 0 Å². The highest BCUT2D eigenvalue weighted by molar-refractivity contribution is 6.28. The molecule has 12 aromatic carbocycles. The van der Waals surface area contributed by atoms with Crippen LogP contribution in [0.3, 0.4) is 0 Å². The van der Waals surface area contributed by atoms with Crippen molar-refractivity contribution in [1.82, 2.24) is 14.5 Å². The summed E-state index contributed by atoms with van der Waals surface area (Å²) in [6, 6.07) is 94.2. The predicted octanol–water partition coefficient (Wildman–Crippen LogP) is 18.2. The molecule has 0 saturated carbocycles. The second kappa shape index (κ2) is 16.7. The van der Waals surface area contributed by atoms with Crippen LogP contribution in [0.15, 0.2) is 261 Å². The van der Waals surface area contributed by atoms with Gasteiger partial charge >= 0.3 is 0 Å². The Morgan fingerprint density at radius 1 is 0.254 bits per heavy atom. The van der Waals surface area contributed by atoms with E-state index in [1.54, 1.807) is 0 Å². The van der Waals surface area contributed by atoms with E-state index in [1.165, 1.54) is 87.4 Å². The molecule has 330 valence electrons. The van der Waals surface area contributed by atoms with E-state index in [4.69, 9.17) is 9.97 Å². The monoisotopic (exact) mass is 901 g/mol. The number of fused-ring (bicyclic) bond motifs is 8. The molecular formula is C68H43N3. The van der Waals surface area contributed by atoms with Gasteiger partial charge in [0.25, 0.3) is 0 Å². The third-order valence-corrected chi connectivity index (χ3v) is 14.4. The van der Waals surface area contributed by atoms with Crippen LogP contribution in [0, 0.1) is 0 Å². The van der Waals surface area contributed by atoms with Gasteiger partial charge in [-0.3, -0.25) is 0 Å². The molecule has 2 heterocycles. The molecule has 14 rings (SSSR count). The standard InChI is InChI=1S/C68H43N3/c1-4-17-46(18-5-1)65-57-25-12-13-26-58(57)66(67-55-23-11-10-16-45(55)36-38-59(65)67)47-30-28-44(29-31-47)49-32-33-51-41-52(35-34-50(51)40-49)61-43-62(70-68(69-61)48-19-6-2-7-20-48)53-37-39-64-60(42-53)56-24-14-15-27-63(56)71(64)54-21-8-3-9-22-54/h1-43H. The van der Waals surface area contributed by atoms with Gasteiger partial charge in [-0.05, 0) is 125 Å². The lowest BCUT2D eigenvalue weighted by Crippen LogP contribution is -1.96. The maximum atomic E-state index is 5.23. The van der Waals surface area contributed by atoms with E-state index < -0.39 is 0 Å². The molecule has 0 aliphatic carbocycles. The number of nitrogens with zero attached hydrogens (tertiary/aromatic N) is 3. The maximum Gasteiger partial charge on any atom is 0.160 e. The van der Waals surface area contributed by atoms with Crippen LogP contribution in [-0.2, 0) is 0 Å². The minimum atomic E-state index is 0.699. The fraction of sp³-hybridized carbons (Fsp3) is 0. The van der Waals surface area contributed by atoms with Gasteiger partial charge in [0.2, 0.25) is 0 Å². The number of hydrogen-bond acceptors (Lipinski definition) is 2. The van der Waals surface area contributed by atoms with E-state index in [2.05, 4.69) is 247 Å². The summed E-state index contributed by atoms with van der Waals surface area (Å²) in [5, 5.41) is 12.3. The Morgan fingerprint density at radius 3 is 1.48 bits per heavy atom. The Balaban J connectivity index is 0.845. The van der Waals surface area contributed by atoms with E-state index in [1.807, 2.05) is 18.2 Å². The highest BCUT2D eigenvalue weighted by Gasteiger charge is 2.20. The van der Waals surface area contributed by atoms with Gasteiger partial charge < -0.3 is 4.57 Å². The Hall–Kier alpha value is -9.44. The molecule has 0 spiro atoms. The summed E-state index contributed by atoms with van der Waals surface area (Å²) in [5.41, 5.74) is 15.6. The van der Waals surface area contributed by atoms with Crippen molar-refractivity contribution in [2.45, 2.75) is 0 Å². The maximum absolute atomic E-state index is 5.23. The average molecular weight is 902 g/mol. The van der Waals surface area contributed by atoms with E-state index in [0.29, 0.717) is 5.82 Å². The van der Waals surface area contributed by atoms with Crippen LogP contribution in [-0.4, -0.2) is 14.5 Å². The Morgan fingerprint density at radius 2 is 0.746 bits per heavy atom. The first kappa shape index (κ1) is 40.6. The van der Waals surface area contributed by atoms with Crippen molar-refractivity contribution in [3.8, 4) is 73.0 Å². The molecule has 0 N–H and O–H groups in total. The minimum absolute atomic E-state index is 0.699. The summed E-state index contributed by atoms with van der Waals surface area (Å²) in [6.07, 6.45) is 0. The normalized spacial score (nSPS) is 11.7. The second-order valence-electron chi connectivity index (χ2n) is 18.5. The number of aromatic nitrogens is 3. The van der Waals surface area contributed by atoms with Gasteiger partial charge in [-0.15, -0.1) is 0 Å². The molecule has 0 bridgehead atoms. The third-order valence-electron chi connectivity index (χ3n) is 14.4. The van der Waals surface area contributed by atoms with Gasteiger partial charge in [0.05, 0.1) is 22.4 Å². The second-order valence-corrected chi connectivity index (χ2v) is 18.5. The fourth-order valence-electron chi connectivity index (χ4n) is 11.0. The summed E-state index contributed by atoms with van der Waals surface area (Å²) >= 11 is 0. The zero-order valence-corrected chi connectivity index (χ0v) is 38.7. The molecule has 0 unspecified atom stereocenters. The van der Waals surface area contributed by atoms with Gasteiger partial charge in [0.15, 0.2) is 5.82 Å². The number of rotatable bonds is 7. The van der Waals surface area contributed by atoms with Crippen LogP contribution in [0.4, 0.5) is 0 Å². The largest absolute Gasteiger partial charge is 0.309 e. The molecule has 14 aromatic rings.